The fraction of sp³-hybridized carbons (Fsp3) is 0.333. The number of rotatable bonds is 5. The van der Waals surface area contributed by atoms with E-state index in [1.165, 1.54) is 40.9 Å². The first-order valence-corrected chi connectivity index (χ1v) is 7.12. The van der Waals surface area contributed by atoms with Gasteiger partial charge in [-0.25, -0.2) is 4.79 Å². The van der Waals surface area contributed by atoms with E-state index < -0.39 is 22.8 Å². The van der Waals surface area contributed by atoms with E-state index >= 15 is 0 Å². The van der Waals surface area contributed by atoms with Gasteiger partial charge in [-0.05, 0) is 6.07 Å². The smallest absolute Gasteiger partial charge is 0.327 e. The molecule has 1 fully saturated rings. The molecule has 1 amide bonds. The number of carbonyl (C=O) groups excluding carboxylic acids is 1. The molecule has 0 aromatic heterocycles. The molecule has 0 saturated carbocycles. The summed E-state index contributed by atoms with van der Waals surface area (Å²) in [7, 11) is 0. The molecule has 1 aliphatic rings. The minimum Gasteiger partial charge on any atom is -0.484 e. The molecule has 112 valence electrons. The molecule has 9 heteroatoms. The van der Waals surface area contributed by atoms with Gasteiger partial charge in [-0.3, -0.25) is 14.9 Å². The van der Waals surface area contributed by atoms with Crippen molar-refractivity contribution in [3.63, 3.8) is 0 Å². The molecule has 21 heavy (non-hydrogen) atoms. The van der Waals surface area contributed by atoms with Crippen LogP contribution in [0.5, 0.6) is 5.75 Å². The maximum absolute atomic E-state index is 11.9. The minimum atomic E-state index is -1.05. The SMILES string of the molecule is O=C(O)C1CSCN1C(=O)COc1cccc([N+](=O)[O-])c1. The van der Waals surface area contributed by atoms with Crippen LogP contribution in [0.4, 0.5) is 5.69 Å². The monoisotopic (exact) mass is 312 g/mol. The molecule has 1 aromatic rings. The van der Waals surface area contributed by atoms with E-state index in [1.54, 1.807) is 0 Å². The van der Waals surface area contributed by atoms with E-state index in [9.17, 15) is 19.7 Å². The van der Waals surface area contributed by atoms with Crippen LogP contribution in [-0.2, 0) is 9.59 Å². The predicted molar refractivity (Wildman–Crippen MR) is 74.2 cm³/mol. The number of non-ortho nitro benzene ring substituents is 1. The third kappa shape index (κ3) is 3.63. The number of nitro benzene ring substituents is 1. The zero-order valence-corrected chi connectivity index (χ0v) is 11.6. The molecule has 1 aliphatic heterocycles. The molecule has 1 unspecified atom stereocenters. The number of carbonyl (C=O) groups is 2. The van der Waals surface area contributed by atoms with Crippen molar-refractivity contribution >= 4 is 29.3 Å². The van der Waals surface area contributed by atoms with Gasteiger partial charge in [-0.1, -0.05) is 6.07 Å². The summed E-state index contributed by atoms with van der Waals surface area (Å²) < 4.78 is 5.20. The van der Waals surface area contributed by atoms with Crippen LogP contribution in [0.1, 0.15) is 0 Å². The van der Waals surface area contributed by atoms with Gasteiger partial charge in [-0.15, -0.1) is 11.8 Å². The molecule has 1 N–H and O–H groups in total. The lowest BCUT2D eigenvalue weighted by atomic mass is 10.3. The van der Waals surface area contributed by atoms with Crippen LogP contribution in [0.3, 0.4) is 0 Å². The lowest BCUT2D eigenvalue weighted by Crippen LogP contribution is -2.43. The molecule has 0 bridgehead atoms. The lowest BCUT2D eigenvalue weighted by Gasteiger charge is -2.20. The first-order valence-electron chi connectivity index (χ1n) is 5.96. The normalized spacial score (nSPS) is 17.5. The van der Waals surface area contributed by atoms with Crippen LogP contribution in [0.15, 0.2) is 24.3 Å². The van der Waals surface area contributed by atoms with Gasteiger partial charge >= 0.3 is 5.97 Å². The molecule has 8 nitrogen and oxygen atoms in total. The highest BCUT2D eigenvalue weighted by Crippen LogP contribution is 2.22. The van der Waals surface area contributed by atoms with Crippen LogP contribution in [0, 0.1) is 10.1 Å². The van der Waals surface area contributed by atoms with Crippen molar-refractivity contribution in [3.05, 3.63) is 34.4 Å². The molecular formula is C12H12N2O6S. The van der Waals surface area contributed by atoms with E-state index in [4.69, 9.17) is 9.84 Å². The van der Waals surface area contributed by atoms with E-state index in [0.29, 0.717) is 11.6 Å². The Balaban J connectivity index is 1.96. The Labute approximate surface area is 123 Å². The standard InChI is InChI=1S/C12H12N2O6S/c15-11(13-7-21-6-10(13)12(16)17)5-20-9-3-1-2-8(4-9)14(18)19/h1-4,10H,5-7H2,(H,16,17). The molecule has 1 aromatic carbocycles. The summed E-state index contributed by atoms with van der Waals surface area (Å²) in [6.07, 6.45) is 0. The first kappa shape index (κ1) is 15.1. The maximum Gasteiger partial charge on any atom is 0.327 e. The zero-order chi connectivity index (χ0) is 15.4. The highest BCUT2D eigenvalue weighted by molar-refractivity contribution is 7.99. The maximum atomic E-state index is 11.9. The highest BCUT2D eigenvalue weighted by atomic mass is 32.2. The molecule has 0 radical (unpaired) electrons. The van der Waals surface area contributed by atoms with Gasteiger partial charge in [0.05, 0.1) is 16.9 Å². The van der Waals surface area contributed by atoms with Crippen molar-refractivity contribution in [2.75, 3.05) is 18.2 Å². The van der Waals surface area contributed by atoms with Gasteiger partial charge in [0.25, 0.3) is 11.6 Å². The Morgan fingerprint density at radius 1 is 1.52 bits per heavy atom. The number of hydrogen-bond donors (Lipinski definition) is 1. The highest BCUT2D eigenvalue weighted by Gasteiger charge is 2.34. The summed E-state index contributed by atoms with van der Waals surface area (Å²) >= 11 is 1.35. The van der Waals surface area contributed by atoms with Crippen LogP contribution in [-0.4, -0.2) is 51.1 Å². The van der Waals surface area contributed by atoms with Crippen LogP contribution >= 0.6 is 11.8 Å². The number of carboxylic acids is 1. The van der Waals surface area contributed by atoms with Gasteiger partial charge < -0.3 is 14.7 Å². The summed E-state index contributed by atoms with van der Waals surface area (Å²) in [4.78, 5) is 34.2. The second-order valence-corrected chi connectivity index (χ2v) is 5.26. The van der Waals surface area contributed by atoms with Crippen molar-refractivity contribution in [3.8, 4) is 5.75 Å². The number of nitro groups is 1. The number of ether oxygens (including phenoxy) is 1. The fourth-order valence-electron chi connectivity index (χ4n) is 1.81. The van der Waals surface area contributed by atoms with Gasteiger partial charge in [-0.2, -0.15) is 0 Å². The minimum absolute atomic E-state index is 0.139. The van der Waals surface area contributed by atoms with Crippen molar-refractivity contribution < 1.29 is 24.4 Å². The summed E-state index contributed by atoms with van der Waals surface area (Å²) in [6, 6.07) is 4.61. The number of benzene rings is 1. The summed E-state index contributed by atoms with van der Waals surface area (Å²) in [5, 5.41) is 19.6. The number of nitrogens with zero attached hydrogens (tertiary/aromatic N) is 2. The summed E-state index contributed by atoms with van der Waals surface area (Å²) in [5.74, 6) is -0.676. The number of aliphatic carboxylic acids is 1. The van der Waals surface area contributed by atoms with Gasteiger partial charge in [0, 0.05) is 11.8 Å². The lowest BCUT2D eigenvalue weighted by molar-refractivity contribution is -0.384. The summed E-state index contributed by atoms with van der Waals surface area (Å²) in [6.45, 7) is -0.356. The molecule has 0 aliphatic carbocycles. The summed E-state index contributed by atoms with van der Waals surface area (Å²) in [5.41, 5.74) is -0.139. The van der Waals surface area contributed by atoms with E-state index in [1.807, 2.05) is 0 Å². The Kier molecular flexibility index (Phi) is 4.63. The second-order valence-electron chi connectivity index (χ2n) is 4.26. The average Bonchev–Trinajstić information content (AvgIpc) is 2.94. The number of carboxylic acid groups (broad SMARTS) is 1. The Bertz CT molecular complexity index is 579. The fourth-order valence-corrected chi connectivity index (χ4v) is 2.98. The van der Waals surface area contributed by atoms with Crippen molar-refractivity contribution in [2.45, 2.75) is 6.04 Å². The van der Waals surface area contributed by atoms with Crippen LogP contribution in [0.25, 0.3) is 0 Å². The predicted octanol–water partition coefficient (Wildman–Crippen LogP) is 0.960. The molecule has 1 atom stereocenters. The molecule has 0 spiro atoms. The van der Waals surface area contributed by atoms with Crippen LogP contribution < -0.4 is 4.74 Å². The average molecular weight is 312 g/mol. The molecular weight excluding hydrogens is 300 g/mol. The van der Waals surface area contributed by atoms with E-state index in [-0.39, 0.29) is 18.0 Å². The van der Waals surface area contributed by atoms with Gasteiger partial charge in [0.15, 0.2) is 6.61 Å². The zero-order valence-electron chi connectivity index (χ0n) is 10.8. The van der Waals surface area contributed by atoms with Crippen molar-refractivity contribution in [1.82, 2.24) is 4.90 Å². The van der Waals surface area contributed by atoms with Gasteiger partial charge in [0.2, 0.25) is 0 Å². The van der Waals surface area contributed by atoms with Crippen LogP contribution in [0.2, 0.25) is 0 Å². The molecule has 1 saturated heterocycles. The Morgan fingerprint density at radius 3 is 2.95 bits per heavy atom. The second kappa shape index (κ2) is 6.44. The van der Waals surface area contributed by atoms with Gasteiger partial charge in [0.1, 0.15) is 11.8 Å². The van der Waals surface area contributed by atoms with Crippen molar-refractivity contribution in [2.24, 2.45) is 0 Å². The number of hydrogen-bond acceptors (Lipinski definition) is 6. The third-order valence-electron chi connectivity index (χ3n) is 2.88. The molecule has 2 rings (SSSR count). The van der Waals surface area contributed by atoms with Crippen molar-refractivity contribution in [1.29, 1.82) is 0 Å². The Hall–Kier alpha value is -2.29. The quantitative estimate of drug-likeness (QED) is 0.637. The molecule has 1 heterocycles. The number of amides is 1. The number of thioether (sulfide) groups is 1. The third-order valence-corrected chi connectivity index (χ3v) is 3.89. The topological polar surface area (TPSA) is 110 Å². The first-order chi connectivity index (χ1) is 9.99. The van der Waals surface area contributed by atoms with E-state index in [0.717, 1.165) is 0 Å². The van der Waals surface area contributed by atoms with E-state index in [2.05, 4.69) is 0 Å². The largest absolute Gasteiger partial charge is 0.484 e. The Morgan fingerprint density at radius 2 is 2.29 bits per heavy atom.